The number of hydrogen-bond donors (Lipinski definition) is 1. The molecule has 0 radical (unpaired) electrons. The molecule has 8 nitrogen and oxygen atoms in total. The fourth-order valence-electron chi connectivity index (χ4n) is 5.11. The zero-order chi connectivity index (χ0) is 28.3. The van der Waals surface area contributed by atoms with E-state index in [9.17, 15) is 9.59 Å². The first kappa shape index (κ1) is 30.4. The molecule has 0 aromatic carbocycles. The normalized spacial score (nSPS) is 35.8. The smallest absolute Gasteiger partial charge is 0.330 e. The second kappa shape index (κ2) is 10.7. The Hall–Kier alpha value is -0.523. The Morgan fingerprint density at radius 2 is 2.05 bits per heavy atom. The Balaban J connectivity index is 1.53. The van der Waals surface area contributed by atoms with Gasteiger partial charge >= 0.3 is 5.69 Å². The molecule has 12 heteroatoms. The van der Waals surface area contributed by atoms with Crippen LogP contribution in [-0.4, -0.2) is 47.5 Å². The number of ether oxygens (including phenoxy) is 1. The summed E-state index contributed by atoms with van der Waals surface area (Å²) in [5.41, 5.74) is -1.84. The Kier molecular flexibility index (Phi) is 8.58. The molecule has 0 spiro atoms. The molecule has 1 aromatic rings. The van der Waals surface area contributed by atoms with Crippen molar-refractivity contribution in [3.05, 3.63) is 44.8 Å². The van der Waals surface area contributed by atoms with Crippen LogP contribution in [-0.2, 0) is 30.0 Å². The summed E-state index contributed by atoms with van der Waals surface area (Å²) in [6.07, 6.45) is 3.85. The molecule has 3 fully saturated rings. The number of aryl methyl sites for hydroxylation is 1. The Morgan fingerprint density at radius 1 is 1.37 bits per heavy atom. The maximum absolute atomic E-state index is 12.6. The average molecular weight is 603 g/mol. The molecular weight excluding hydrogens is 559 g/mol. The molecule has 1 unspecified atom stereocenters. The van der Waals surface area contributed by atoms with E-state index in [2.05, 4.69) is 59.3 Å². The number of aromatic nitrogens is 2. The second-order valence-corrected chi connectivity index (χ2v) is 24.2. The summed E-state index contributed by atoms with van der Waals surface area (Å²) in [4.78, 5) is 26.9. The minimum Gasteiger partial charge on any atom is -0.411 e. The van der Waals surface area contributed by atoms with Crippen LogP contribution in [0.25, 0.3) is 0 Å². The zero-order valence-corrected chi connectivity index (χ0v) is 27.4. The first-order valence-electron chi connectivity index (χ1n) is 13.4. The highest BCUT2D eigenvalue weighted by molar-refractivity contribution is 8.68. The second-order valence-electron chi connectivity index (χ2n) is 12.8. The van der Waals surface area contributed by atoms with E-state index >= 15 is 0 Å². The monoisotopic (exact) mass is 602 g/mol. The molecule has 214 valence electrons. The van der Waals surface area contributed by atoms with Gasteiger partial charge in [0.1, 0.15) is 12.3 Å². The molecule has 2 aliphatic heterocycles. The molecule has 3 heterocycles. The van der Waals surface area contributed by atoms with Crippen molar-refractivity contribution in [2.45, 2.75) is 115 Å². The number of H-pyrrole nitrogens is 1. The minimum atomic E-state index is -2.60. The van der Waals surface area contributed by atoms with Crippen molar-refractivity contribution in [3.8, 4) is 0 Å². The lowest BCUT2D eigenvalue weighted by Crippen LogP contribution is -2.46. The standard InChI is InChI=1S/C26H43N2O6PS2Si/c1-16(2)18-10-11-26(7)21(12-18)33-35(36,37-26)31-15-20-19(34-38(8,9)25(4,5)6)13-22(32-20)28-14-17(3)23(29)27-24(28)30/h14,18-22H,1,10-13,15H2,2-9H3,(H,27,29,30)/t18-,19?,20+,21+,22+,26+,35+/m0/s1. The number of fused-ring (bicyclic) bond motifs is 1. The molecule has 2 saturated heterocycles. The predicted octanol–water partition coefficient (Wildman–Crippen LogP) is 6.03. The van der Waals surface area contributed by atoms with E-state index in [0.717, 1.165) is 19.3 Å². The first-order chi connectivity index (χ1) is 17.4. The van der Waals surface area contributed by atoms with Crippen LogP contribution in [0.3, 0.4) is 0 Å². The molecule has 1 saturated carbocycles. The molecular formula is C26H43N2O6PS2Si. The molecule has 1 N–H and O–H groups in total. The van der Waals surface area contributed by atoms with Crippen molar-refractivity contribution in [2.75, 3.05) is 6.61 Å². The highest BCUT2D eigenvalue weighted by atomic mass is 32.9. The lowest BCUT2D eigenvalue weighted by molar-refractivity contribution is -0.0396. The van der Waals surface area contributed by atoms with Crippen LogP contribution < -0.4 is 11.2 Å². The molecule has 38 heavy (non-hydrogen) atoms. The first-order valence-corrected chi connectivity index (χ1v) is 20.3. The molecule has 1 aromatic heterocycles. The summed E-state index contributed by atoms with van der Waals surface area (Å²) in [7, 11) is -2.15. The lowest BCUT2D eigenvalue weighted by atomic mass is 9.77. The Labute approximate surface area is 236 Å². The van der Waals surface area contributed by atoms with E-state index in [1.807, 2.05) is 0 Å². The summed E-state index contributed by atoms with van der Waals surface area (Å²) in [5, 5.41) is 0.00265. The van der Waals surface area contributed by atoms with Crippen LogP contribution in [0.1, 0.15) is 72.1 Å². The molecule has 0 bridgehead atoms. The van der Waals surface area contributed by atoms with Crippen molar-refractivity contribution < 1.29 is 18.2 Å². The zero-order valence-electron chi connectivity index (χ0n) is 23.9. The van der Waals surface area contributed by atoms with Crippen molar-refractivity contribution in [1.29, 1.82) is 0 Å². The van der Waals surface area contributed by atoms with E-state index in [-0.39, 0.29) is 28.6 Å². The number of aromatic amines is 1. The maximum Gasteiger partial charge on any atom is 0.330 e. The lowest BCUT2D eigenvalue weighted by Gasteiger charge is -2.39. The number of allylic oxidation sites excluding steroid dienone is 1. The van der Waals surface area contributed by atoms with Gasteiger partial charge in [-0.1, -0.05) is 44.3 Å². The van der Waals surface area contributed by atoms with E-state index in [0.29, 0.717) is 17.9 Å². The fourth-order valence-corrected chi connectivity index (χ4v) is 13.6. The molecule has 0 amide bonds. The summed E-state index contributed by atoms with van der Waals surface area (Å²) in [5.74, 6) is 0.454. The minimum absolute atomic E-state index is 0.00265. The molecule has 1 aliphatic carbocycles. The summed E-state index contributed by atoms with van der Waals surface area (Å²) in [6.45, 7) is 21.4. The van der Waals surface area contributed by atoms with Crippen molar-refractivity contribution >= 4 is 37.2 Å². The van der Waals surface area contributed by atoms with Gasteiger partial charge in [0.15, 0.2) is 8.32 Å². The summed E-state index contributed by atoms with van der Waals surface area (Å²) in [6, 6.07) is 0. The van der Waals surface area contributed by atoms with Gasteiger partial charge in [-0.3, -0.25) is 14.3 Å². The van der Waals surface area contributed by atoms with Gasteiger partial charge in [0, 0.05) is 22.9 Å². The van der Waals surface area contributed by atoms with Gasteiger partial charge in [0.05, 0.1) is 18.8 Å². The Morgan fingerprint density at radius 3 is 2.68 bits per heavy atom. The van der Waals surface area contributed by atoms with Gasteiger partial charge in [-0.15, -0.1) is 0 Å². The van der Waals surface area contributed by atoms with E-state index in [1.54, 1.807) is 24.5 Å². The van der Waals surface area contributed by atoms with Crippen molar-refractivity contribution in [1.82, 2.24) is 9.55 Å². The van der Waals surface area contributed by atoms with Gasteiger partial charge in [-0.05, 0) is 75.9 Å². The van der Waals surface area contributed by atoms with Gasteiger partial charge in [0.2, 0.25) is 5.69 Å². The Bertz CT molecular complexity index is 1240. The van der Waals surface area contributed by atoms with Crippen LogP contribution in [0.2, 0.25) is 18.1 Å². The van der Waals surface area contributed by atoms with Gasteiger partial charge in [-0.25, -0.2) is 4.79 Å². The van der Waals surface area contributed by atoms with Gasteiger partial charge < -0.3 is 18.2 Å². The number of rotatable bonds is 7. The van der Waals surface area contributed by atoms with E-state index < -0.39 is 37.6 Å². The predicted molar refractivity (Wildman–Crippen MR) is 160 cm³/mol. The summed E-state index contributed by atoms with van der Waals surface area (Å²) < 4.78 is 27.5. The maximum atomic E-state index is 12.6. The third-order valence-corrected chi connectivity index (χ3v) is 19.1. The number of nitrogens with zero attached hydrogens (tertiary/aromatic N) is 1. The topological polar surface area (TPSA) is 91.8 Å². The highest BCUT2D eigenvalue weighted by Gasteiger charge is 2.54. The molecule has 4 rings (SSSR count). The van der Waals surface area contributed by atoms with E-state index in [4.69, 9.17) is 30.0 Å². The van der Waals surface area contributed by atoms with Crippen LogP contribution in [0, 0.1) is 12.8 Å². The van der Waals surface area contributed by atoms with Crippen LogP contribution in [0.15, 0.2) is 27.9 Å². The van der Waals surface area contributed by atoms with Gasteiger partial charge in [-0.2, -0.15) is 0 Å². The highest BCUT2D eigenvalue weighted by Crippen LogP contribution is 2.75. The number of hydrogen-bond acceptors (Lipinski definition) is 8. The third-order valence-electron chi connectivity index (χ3n) is 8.73. The average Bonchev–Trinajstić information content (AvgIpc) is 3.29. The van der Waals surface area contributed by atoms with Gasteiger partial charge in [0.25, 0.3) is 5.56 Å². The number of nitrogens with one attached hydrogen (secondary N) is 1. The van der Waals surface area contributed by atoms with Crippen LogP contribution in [0.4, 0.5) is 0 Å². The fraction of sp³-hybridized carbons (Fsp3) is 0.769. The quantitative estimate of drug-likeness (QED) is 0.230. The molecule has 7 atom stereocenters. The van der Waals surface area contributed by atoms with E-state index in [1.165, 1.54) is 10.1 Å². The van der Waals surface area contributed by atoms with Crippen molar-refractivity contribution in [2.24, 2.45) is 5.92 Å². The summed E-state index contributed by atoms with van der Waals surface area (Å²) >= 11 is 7.69. The largest absolute Gasteiger partial charge is 0.411 e. The van der Waals surface area contributed by atoms with Crippen LogP contribution >= 0.6 is 17.1 Å². The SMILES string of the molecule is C=C(C)[C@H]1CC[C@@]2(C)S[P@](=S)(OC[C@H]3O[C@@H](n4cc(C)c(=O)[nH]c4=O)CC3O[Si](C)(C)C(C)(C)C)O[C@@H]2C1. The van der Waals surface area contributed by atoms with Crippen molar-refractivity contribution in [3.63, 3.8) is 0 Å². The third kappa shape index (κ3) is 6.20. The van der Waals surface area contributed by atoms with Crippen LogP contribution in [0.5, 0.6) is 0 Å². The molecule has 3 aliphatic rings.